The molecule has 1 fully saturated rings. The normalized spacial score (nSPS) is 25.0. The molecule has 1 aliphatic heterocycles. The molecule has 2 atom stereocenters. The van der Waals surface area contributed by atoms with Crippen molar-refractivity contribution in [3.05, 3.63) is 0 Å². The van der Waals surface area contributed by atoms with Gasteiger partial charge in [0.2, 0.25) is 0 Å². The van der Waals surface area contributed by atoms with Gasteiger partial charge in [0.25, 0.3) is 0 Å². The molecule has 4 heteroatoms. The number of rotatable bonds is 5. The zero-order valence-corrected chi connectivity index (χ0v) is 10.3. The number of carboxylic acid groups (broad SMARTS) is 1. The van der Waals surface area contributed by atoms with Crippen LogP contribution in [0.1, 0.15) is 39.0 Å². The zero-order valence-electron chi connectivity index (χ0n) is 10.3. The molecule has 2 unspecified atom stereocenters. The van der Waals surface area contributed by atoms with Gasteiger partial charge >= 0.3 is 5.97 Å². The number of methoxy groups -OCH3 is 1. The van der Waals surface area contributed by atoms with E-state index in [1.807, 2.05) is 0 Å². The van der Waals surface area contributed by atoms with Gasteiger partial charge in [-0.15, -0.1) is 0 Å². The summed E-state index contributed by atoms with van der Waals surface area (Å²) >= 11 is 0. The summed E-state index contributed by atoms with van der Waals surface area (Å²) in [6.07, 6.45) is 5.67. The van der Waals surface area contributed by atoms with E-state index in [1.54, 1.807) is 7.11 Å². The molecule has 0 spiro atoms. The minimum absolute atomic E-state index is 0.284. The SMILES string of the molecule is CCC1CCCCCN1C(COC)C(=O)O. The van der Waals surface area contributed by atoms with Gasteiger partial charge in [-0.05, 0) is 25.8 Å². The number of likely N-dealkylation sites (tertiary alicyclic amines) is 1. The fourth-order valence-electron chi connectivity index (χ4n) is 2.52. The summed E-state index contributed by atoms with van der Waals surface area (Å²) in [6, 6.07) is -0.0770. The lowest BCUT2D eigenvalue weighted by Crippen LogP contribution is -2.49. The first kappa shape index (κ1) is 13.5. The van der Waals surface area contributed by atoms with E-state index < -0.39 is 12.0 Å². The molecule has 16 heavy (non-hydrogen) atoms. The van der Waals surface area contributed by atoms with Gasteiger partial charge < -0.3 is 9.84 Å². The molecular weight excluding hydrogens is 206 g/mol. The average molecular weight is 229 g/mol. The molecule has 0 radical (unpaired) electrons. The van der Waals surface area contributed by atoms with Gasteiger partial charge in [-0.2, -0.15) is 0 Å². The summed E-state index contributed by atoms with van der Waals surface area (Å²) in [5.41, 5.74) is 0. The van der Waals surface area contributed by atoms with Crippen LogP contribution < -0.4 is 0 Å². The first-order chi connectivity index (χ1) is 7.70. The number of carbonyl (C=O) groups is 1. The van der Waals surface area contributed by atoms with Crippen molar-refractivity contribution in [3.8, 4) is 0 Å². The Morgan fingerprint density at radius 1 is 1.50 bits per heavy atom. The molecule has 1 rings (SSSR count). The van der Waals surface area contributed by atoms with Crippen LogP contribution in [-0.2, 0) is 9.53 Å². The van der Waals surface area contributed by atoms with Crippen LogP contribution >= 0.6 is 0 Å². The summed E-state index contributed by atoms with van der Waals surface area (Å²) in [6.45, 7) is 3.30. The number of hydrogen-bond acceptors (Lipinski definition) is 3. The maximum atomic E-state index is 11.2. The summed E-state index contributed by atoms with van der Waals surface area (Å²) in [4.78, 5) is 13.4. The van der Waals surface area contributed by atoms with Gasteiger partial charge in [0.15, 0.2) is 0 Å². The number of hydrogen-bond donors (Lipinski definition) is 1. The van der Waals surface area contributed by atoms with Crippen LogP contribution in [0.5, 0.6) is 0 Å². The van der Waals surface area contributed by atoms with Crippen molar-refractivity contribution in [1.29, 1.82) is 0 Å². The lowest BCUT2D eigenvalue weighted by molar-refractivity contribution is -0.146. The van der Waals surface area contributed by atoms with Crippen molar-refractivity contribution in [1.82, 2.24) is 4.90 Å². The molecule has 4 nitrogen and oxygen atoms in total. The van der Waals surface area contributed by atoms with Gasteiger partial charge in [0.05, 0.1) is 6.61 Å². The molecule has 0 bridgehead atoms. The lowest BCUT2D eigenvalue weighted by atomic mass is 10.1. The molecule has 0 aromatic heterocycles. The molecule has 1 heterocycles. The first-order valence-corrected chi connectivity index (χ1v) is 6.18. The minimum Gasteiger partial charge on any atom is -0.480 e. The molecule has 0 saturated carbocycles. The molecule has 1 aliphatic rings. The largest absolute Gasteiger partial charge is 0.480 e. The van der Waals surface area contributed by atoms with Crippen molar-refractivity contribution in [2.75, 3.05) is 20.3 Å². The van der Waals surface area contributed by atoms with Gasteiger partial charge in [-0.25, -0.2) is 0 Å². The summed E-state index contributed by atoms with van der Waals surface area (Å²) in [5, 5.41) is 9.24. The highest BCUT2D eigenvalue weighted by Crippen LogP contribution is 2.21. The van der Waals surface area contributed by atoms with Crippen molar-refractivity contribution in [2.45, 2.75) is 51.1 Å². The monoisotopic (exact) mass is 229 g/mol. The molecule has 1 saturated heterocycles. The van der Waals surface area contributed by atoms with Crippen molar-refractivity contribution < 1.29 is 14.6 Å². The topological polar surface area (TPSA) is 49.8 Å². The van der Waals surface area contributed by atoms with Gasteiger partial charge in [0.1, 0.15) is 6.04 Å². The third kappa shape index (κ3) is 3.46. The highest BCUT2D eigenvalue weighted by atomic mass is 16.5. The second kappa shape index (κ2) is 6.86. The minimum atomic E-state index is -0.762. The van der Waals surface area contributed by atoms with Crippen LogP contribution in [-0.4, -0.2) is 48.3 Å². The molecule has 0 amide bonds. The summed E-state index contributed by atoms with van der Waals surface area (Å²) in [7, 11) is 1.56. The predicted octanol–water partition coefficient (Wildman–Crippen LogP) is 1.74. The van der Waals surface area contributed by atoms with E-state index >= 15 is 0 Å². The Morgan fingerprint density at radius 3 is 2.81 bits per heavy atom. The Labute approximate surface area is 97.6 Å². The van der Waals surface area contributed by atoms with Crippen LogP contribution in [0.3, 0.4) is 0 Å². The number of nitrogens with zero attached hydrogens (tertiary/aromatic N) is 1. The quantitative estimate of drug-likeness (QED) is 0.780. The highest BCUT2D eigenvalue weighted by molar-refractivity contribution is 5.73. The molecule has 94 valence electrons. The second-order valence-electron chi connectivity index (χ2n) is 4.46. The summed E-state index contributed by atoms with van der Waals surface area (Å²) in [5.74, 6) is -0.762. The Bertz CT molecular complexity index is 220. The molecule has 0 aromatic rings. The third-order valence-corrected chi connectivity index (χ3v) is 3.40. The number of aliphatic carboxylic acids is 1. The zero-order chi connectivity index (χ0) is 12.0. The van der Waals surface area contributed by atoms with E-state index in [9.17, 15) is 9.90 Å². The molecule has 1 N–H and O–H groups in total. The predicted molar refractivity (Wildman–Crippen MR) is 62.6 cm³/mol. The van der Waals surface area contributed by atoms with Crippen molar-refractivity contribution >= 4 is 5.97 Å². The van der Waals surface area contributed by atoms with E-state index in [0.717, 1.165) is 25.8 Å². The molecular formula is C12H23NO3. The van der Waals surface area contributed by atoms with Gasteiger partial charge in [-0.1, -0.05) is 19.8 Å². The van der Waals surface area contributed by atoms with Crippen LogP contribution in [0.2, 0.25) is 0 Å². The molecule has 0 aromatic carbocycles. The number of carboxylic acids is 1. The Kier molecular flexibility index (Phi) is 5.77. The third-order valence-electron chi connectivity index (χ3n) is 3.40. The Morgan fingerprint density at radius 2 is 2.25 bits per heavy atom. The van der Waals surface area contributed by atoms with Crippen LogP contribution in [0.4, 0.5) is 0 Å². The molecule has 0 aliphatic carbocycles. The van der Waals surface area contributed by atoms with Crippen LogP contribution in [0.15, 0.2) is 0 Å². The highest BCUT2D eigenvalue weighted by Gasteiger charge is 2.31. The van der Waals surface area contributed by atoms with Crippen LogP contribution in [0, 0.1) is 0 Å². The maximum Gasteiger partial charge on any atom is 0.323 e. The maximum absolute atomic E-state index is 11.2. The Balaban J connectivity index is 2.72. The van der Waals surface area contributed by atoms with Gasteiger partial charge in [-0.3, -0.25) is 9.69 Å². The smallest absolute Gasteiger partial charge is 0.323 e. The van der Waals surface area contributed by atoms with Crippen molar-refractivity contribution in [2.24, 2.45) is 0 Å². The second-order valence-corrected chi connectivity index (χ2v) is 4.46. The van der Waals surface area contributed by atoms with E-state index in [2.05, 4.69) is 11.8 Å². The Hall–Kier alpha value is -0.610. The van der Waals surface area contributed by atoms with E-state index in [-0.39, 0.29) is 6.61 Å². The number of ether oxygens (including phenoxy) is 1. The fraction of sp³-hybridized carbons (Fsp3) is 0.917. The van der Waals surface area contributed by atoms with E-state index in [1.165, 1.54) is 12.8 Å². The van der Waals surface area contributed by atoms with E-state index in [4.69, 9.17) is 4.74 Å². The average Bonchev–Trinajstić information content (AvgIpc) is 2.50. The standard InChI is InChI=1S/C12H23NO3/c1-3-10-7-5-4-6-8-13(10)11(9-16-2)12(14)15/h10-11H,3-9H2,1-2H3,(H,14,15). The van der Waals surface area contributed by atoms with Gasteiger partial charge in [0, 0.05) is 13.2 Å². The lowest BCUT2D eigenvalue weighted by Gasteiger charge is -2.33. The van der Waals surface area contributed by atoms with E-state index in [0.29, 0.717) is 6.04 Å². The van der Waals surface area contributed by atoms with Crippen LogP contribution in [0.25, 0.3) is 0 Å². The summed E-state index contributed by atoms with van der Waals surface area (Å²) < 4.78 is 5.03. The first-order valence-electron chi connectivity index (χ1n) is 6.18. The van der Waals surface area contributed by atoms with Crippen molar-refractivity contribution in [3.63, 3.8) is 0 Å². The fourth-order valence-corrected chi connectivity index (χ4v) is 2.52.